The lowest BCUT2D eigenvalue weighted by atomic mass is 10.2. The highest BCUT2D eigenvalue weighted by Crippen LogP contribution is 2.09. The van der Waals surface area contributed by atoms with Gasteiger partial charge in [-0.15, -0.1) is 0 Å². The Morgan fingerprint density at radius 3 is 2.92 bits per heavy atom. The first-order valence-electron chi connectivity index (χ1n) is 4.52. The lowest BCUT2D eigenvalue weighted by Gasteiger charge is -2.29. The summed E-state index contributed by atoms with van der Waals surface area (Å²) >= 11 is 0. The van der Waals surface area contributed by atoms with Crippen molar-refractivity contribution in [3.63, 3.8) is 0 Å². The molecule has 1 aliphatic rings. The quantitative estimate of drug-likeness (QED) is 0.718. The van der Waals surface area contributed by atoms with Gasteiger partial charge >= 0.3 is 0 Å². The van der Waals surface area contributed by atoms with Crippen molar-refractivity contribution in [1.82, 2.24) is 14.9 Å². The molecular weight excluding hydrogens is 166 g/mol. The SMILES string of the molecule is OCc1ccnc(CN2CCC2)n1. The maximum absolute atomic E-state index is 8.86. The van der Waals surface area contributed by atoms with E-state index in [2.05, 4.69) is 14.9 Å². The van der Waals surface area contributed by atoms with Crippen molar-refractivity contribution in [3.8, 4) is 0 Å². The summed E-state index contributed by atoms with van der Waals surface area (Å²) in [4.78, 5) is 10.6. The summed E-state index contributed by atoms with van der Waals surface area (Å²) in [5, 5.41) is 8.86. The van der Waals surface area contributed by atoms with Crippen LogP contribution in [0.3, 0.4) is 0 Å². The molecule has 2 heterocycles. The third-order valence-electron chi connectivity index (χ3n) is 2.24. The third kappa shape index (κ3) is 2.02. The second-order valence-corrected chi connectivity index (χ2v) is 3.25. The summed E-state index contributed by atoms with van der Waals surface area (Å²) in [6, 6.07) is 1.74. The zero-order chi connectivity index (χ0) is 9.10. The number of hydrogen-bond acceptors (Lipinski definition) is 4. The second kappa shape index (κ2) is 3.81. The van der Waals surface area contributed by atoms with Crippen molar-refractivity contribution in [2.24, 2.45) is 0 Å². The summed E-state index contributed by atoms with van der Waals surface area (Å²) in [5.41, 5.74) is 0.700. The van der Waals surface area contributed by atoms with Gasteiger partial charge in [0.1, 0.15) is 5.82 Å². The maximum atomic E-state index is 8.86. The monoisotopic (exact) mass is 179 g/mol. The maximum Gasteiger partial charge on any atom is 0.142 e. The van der Waals surface area contributed by atoms with Crippen LogP contribution >= 0.6 is 0 Å². The van der Waals surface area contributed by atoms with Gasteiger partial charge in [-0.3, -0.25) is 4.90 Å². The summed E-state index contributed by atoms with van der Waals surface area (Å²) in [6.45, 7) is 3.10. The molecule has 1 N–H and O–H groups in total. The van der Waals surface area contributed by atoms with E-state index in [0.29, 0.717) is 5.69 Å². The second-order valence-electron chi connectivity index (χ2n) is 3.25. The average molecular weight is 179 g/mol. The van der Waals surface area contributed by atoms with Crippen LogP contribution < -0.4 is 0 Å². The Bertz CT molecular complexity index is 286. The predicted molar refractivity (Wildman–Crippen MR) is 47.8 cm³/mol. The standard InChI is InChI=1S/C9H13N3O/c13-7-8-2-3-10-9(11-8)6-12-4-1-5-12/h2-3,13H,1,4-7H2. The van der Waals surface area contributed by atoms with Crippen molar-refractivity contribution in [3.05, 3.63) is 23.8 Å². The molecule has 0 aliphatic carbocycles. The van der Waals surface area contributed by atoms with Crippen LogP contribution in [0, 0.1) is 0 Å². The number of aliphatic hydroxyl groups is 1. The van der Waals surface area contributed by atoms with Crippen molar-refractivity contribution in [2.75, 3.05) is 13.1 Å². The summed E-state index contributed by atoms with van der Waals surface area (Å²) in [5.74, 6) is 0.811. The van der Waals surface area contributed by atoms with Crippen molar-refractivity contribution >= 4 is 0 Å². The Kier molecular flexibility index (Phi) is 2.52. The third-order valence-corrected chi connectivity index (χ3v) is 2.24. The van der Waals surface area contributed by atoms with Crippen LogP contribution in [0.2, 0.25) is 0 Å². The lowest BCUT2D eigenvalue weighted by Crippen LogP contribution is -2.36. The molecular formula is C9H13N3O. The largest absolute Gasteiger partial charge is 0.390 e. The molecule has 1 aromatic rings. The zero-order valence-corrected chi connectivity index (χ0v) is 7.48. The number of nitrogens with zero attached hydrogens (tertiary/aromatic N) is 3. The van der Waals surface area contributed by atoms with Crippen LogP contribution in [-0.2, 0) is 13.2 Å². The summed E-state index contributed by atoms with van der Waals surface area (Å²) in [7, 11) is 0. The molecule has 1 fully saturated rings. The van der Waals surface area contributed by atoms with E-state index >= 15 is 0 Å². The fourth-order valence-electron chi connectivity index (χ4n) is 1.35. The molecule has 1 saturated heterocycles. The molecule has 0 radical (unpaired) electrons. The molecule has 1 aromatic heterocycles. The van der Waals surface area contributed by atoms with E-state index in [9.17, 15) is 0 Å². The summed E-state index contributed by atoms with van der Waals surface area (Å²) < 4.78 is 0. The topological polar surface area (TPSA) is 49.3 Å². The van der Waals surface area contributed by atoms with Crippen LogP contribution in [0.15, 0.2) is 12.3 Å². The average Bonchev–Trinajstić information content (AvgIpc) is 2.12. The highest BCUT2D eigenvalue weighted by molar-refractivity contribution is 5.01. The van der Waals surface area contributed by atoms with Gasteiger partial charge in [-0.2, -0.15) is 0 Å². The first-order valence-corrected chi connectivity index (χ1v) is 4.52. The van der Waals surface area contributed by atoms with Gasteiger partial charge in [0.2, 0.25) is 0 Å². The number of aromatic nitrogens is 2. The molecule has 13 heavy (non-hydrogen) atoms. The minimum Gasteiger partial charge on any atom is -0.390 e. The van der Waals surface area contributed by atoms with E-state index in [1.165, 1.54) is 6.42 Å². The first-order chi connectivity index (χ1) is 6.38. The van der Waals surface area contributed by atoms with Gasteiger partial charge in [0, 0.05) is 6.20 Å². The van der Waals surface area contributed by atoms with E-state index in [4.69, 9.17) is 5.11 Å². The molecule has 4 nitrogen and oxygen atoms in total. The van der Waals surface area contributed by atoms with Gasteiger partial charge in [0.15, 0.2) is 0 Å². The molecule has 0 amide bonds. The van der Waals surface area contributed by atoms with Crippen molar-refractivity contribution < 1.29 is 5.11 Å². The molecule has 0 unspecified atom stereocenters. The predicted octanol–water partition coefficient (Wildman–Crippen LogP) is 0.175. The van der Waals surface area contributed by atoms with Crippen molar-refractivity contribution in [1.29, 1.82) is 0 Å². The van der Waals surface area contributed by atoms with E-state index in [1.807, 2.05) is 0 Å². The molecule has 0 saturated carbocycles. The minimum absolute atomic E-state index is 0.00444. The smallest absolute Gasteiger partial charge is 0.142 e. The van der Waals surface area contributed by atoms with E-state index in [-0.39, 0.29) is 6.61 Å². The molecule has 1 aliphatic heterocycles. The van der Waals surface area contributed by atoms with Gasteiger partial charge in [-0.05, 0) is 25.6 Å². The van der Waals surface area contributed by atoms with Crippen LogP contribution in [-0.4, -0.2) is 33.1 Å². The fraction of sp³-hybridized carbons (Fsp3) is 0.556. The molecule has 0 bridgehead atoms. The minimum atomic E-state index is -0.00444. The Morgan fingerprint density at radius 2 is 2.31 bits per heavy atom. The normalized spacial score (nSPS) is 17.0. The van der Waals surface area contributed by atoms with Gasteiger partial charge in [0.25, 0.3) is 0 Å². The van der Waals surface area contributed by atoms with E-state index < -0.39 is 0 Å². The highest BCUT2D eigenvalue weighted by Gasteiger charge is 2.14. The van der Waals surface area contributed by atoms with Crippen LogP contribution in [0.5, 0.6) is 0 Å². The molecule has 4 heteroatoms. The van der Waals surface area contributed by atoms with Crippen LogP contribution in [0.4, 0.5) is 0 Å². The zero-order valence-electron chi connectivity index (χ0n) is 7.48. The highest BCUT2D eigenvalue weighted by atomic mass is 16.3. The van der Waals surface area contributed by atoms with E-state index in [1.54, 1.807) is 12.3 Å². The number of likely N-dealkylation sites (tertiary alicyclic amines) is 1. The number of aliphatic hydroxyl groups excluding tert-OH is 1. The Labute approximate surface area is 77.2 Å². The van der Waals surface area contributed by atoms with Gasteiger partial charge in [-0.1, -0.05) is 0 Å². The molecule has 0 aromatic carbocycles. The first kappa shape index (κ1) is 8.59. The Hall–Kier alpha value is -1.00. The van der Waals surface area contributed by atoms with Gasteiger partial charge in [0.05, 0.1) is 18.8 Å². The Balaban J connectivity index is 2.01. The van der Waals surface area contributed by atoms with Gasteiger partial charge in [-0.25, -0.2) is 9.97 Å². The van der Waals surface area contributed by atoms with E-state index in [0.717, 1.165) is 25.5 Å². The molecule has 0 spiro atoms. The summed E-state index contributed by atoms with van der Waals surface area (Å²) in [6.07, 6.45) is 2.98. The lowest BCUT2D eigenvalue weighted by molar-refractivity contribution is 0.167. The van der Waals surface area contributed by atoms with Crippen LogP contribution in [0.1, 0.15) is 17.9 Å². The van der Waals surface area contributed by atoms with Gasteiger partial charge < -0.3 is 5.11 Å². The molecule has 70 valence electrons. The Morgan fingerprint density at radius 1 is 1.46 bits per heavy atom. The molecule has 2 rings (SSSR count). The number of hydrogen-bond donors (Lipinski definition) is 1. The number of rotatable bonds is 3. The molecule has 0 atom stereocenters. The van der Waals surface area contributed by atoms with Crippen molar-refractivity contribution in [2.45, 2.75) is 19.6 Å². The fourth-order valence-corrected chi connectivity index (χ4v) is 1.35. The van der Waals surface area contributed by atoms with Crippen LogP contribution in [0.25, 0.3) is 0 Å².